The lowest BCUT2D eigenvalue weighted by Crippen LogP contribution is -2.26. The molecule has 3 aromatic rings. The Labute approximate surface area is 176 Å². The molecular weight excluding hydrogens is 405 g/mol. The second kappa shape index (κ2) is 8.57. The normalized spacial score (nSPS) is 11.9. The Morgan fingerprint density at radius 3 is 2.33 bits per heavy atom. The molecule has 0 unspecified atom stereocenters. The first kappa shape index (κ1) is 22.0. The summed E-state index contributed by atoms with van der Waals surface area (Å²) in [5.74, 6) is -0.260. The van der Waals surface area contributed by atoms with E-state index >= 15 is 0 Å². The predicted octanol–water partition coefficient (Wildman–Crippen LogP) is 3.27. The summed E-state index contributed by atoms with van der Waals surface area (Å²) in [6, 6.07) is 12.3. The minimum atomic E-state index is -3.71. The number of aromatic nitrogens is 2. The summed E-state index contributed by atoms with van der Waals surface area (Å²) in [5, 5.41) is 0. The number of rotatable bonds is 7. The lowest BCUT2D eigenvalue weighted by Gasteiger charge is -2.10. The van der Waals surface area contributed by atoms with Crippen molar-refractivity contribution in [2.75, 3.05) is 6.54 Å². The fraction of sp³-hybridized carbons (Fsp3) is 0.318. The highest BCUT2D eigenvalue weighted by Gasteiger charge is 2.19. The van der Waals surface area contributed by atoms with Crippen LogP contribution in [0.4, 0.5) is 4.39 Å². The van der Waals surface area contributed by atoms with E-state index in [-0.39, 0.29) is 28.7 Å². The summed E-state index contributed by atoms with van der Waals surface area (Å²) in [5.41, 5.74) is 2.83. The molecule has 3 rings (SSSR count). The van der Waals surface area contributed by atoms with Crippen molar-refractivity contribution in [1.29, 1.82) is 0 Å². The number of benzene rings is 2. The van der Waals surface area contributed by atoms with E-state index in [9.17, 15) is 17.6 Å². The zero-order valence-corrected chi connectivity index (χ0v) is 18.3. The molecule has 8 heteroatoms. The molecule has 6 nitrogen and oxygen atoms in total. The van der Waals surface area contributed by atoms with Gasteiger partial charge in [0.15, 0.2) is 0 Å². The van der Waals surface area contributed by atoms with Crippen LogP contribution in [0.1, 0.15) is 36.6 Å². The van der Waals surface area contributed by atoms with Crippen molar-refractivity contribution in [3.63, 3.8) is 0 Å². The summed E-state index contributed by atoms with van der Waals surface area (Å²) in [6.45, 7) is 5.99. The third kappa shape index (κ3) is 4.39. The highest BCUT2D eigenvalue weighted by molar-refractivity contribution is 7.89. The highest BCUT2D eigenvalue weighted by Crippen LogP contribution is 2.19. The van der Waals surface area contributed by atoms with Crippen molar-refractivity contribution in [1.82, 2.24) is 14.1 Å². The van der Waals surface area contributed by atoms with Crippen LogP contribution in [0.2, 0.25) is 0 Å². The van der Waals surface area contributed by atoms with Crippen LogP contribution in [0, 0.1) is 12.7 Å². The van der Waals surface area contributed by atoms with Crippen LogP contribution in [0.5, 0.6) is 0 Å². The van der Waals surface area contributed by atoms with Crippen LogP contribution in [-0.2, 0) is 23.5 Å². The number of nitrogens with zero attached hydrogens (tertiary/aromatic N) is 2. The van der Waals surface area contributed by atoms with Crippen LogP contribution in [0.15, 0.2) is 58.2 Å². The summed E-state index contributed by atoms with van der Waals surface area (Å²) < 4.78 is 44.2. The minimum Gasteiger partial charge on any atom is -0.285 e. The molecule has 1 heterocycles. The van der Waals surface area contributed by atoms with Gasteiger partial charge in [-0.25, -0.2) is 22.2 Å². The maximum Gasteiger partial charge on any atom is 0.275 e. The molecule has 0 fully saturated rings. The van der Waals surface area contributed by atoms with E-state index in [1.807, 2.05) is 20.8 Å². The van der Waals surface area contributed by atoms with Gasteiger partial charge in [0.2, 0.25) is 10.0 Å². The van der Waals surface area contributed by atoms with Crippen molar-refractivity contribution in [3.8, 4) is 5.69 Å². The monoisotopic (exact) mass is 431 g/mol. The van der Waals surface area contributed by atoms with Gasteiger partial charge in [-0.15, -0.1) is 0 Å². The van der Waals surface area contributed by atoms with Crippen molar-refractivity contribution >= 4 is 10.0 Å². The van der Waals surface area contributed by atoms with Gasteiger partial charge in [-0.05, 0) is 61.2 Å². The summed E-state index contributed by atoms with van der Waals surface area (Å²) >= 11 is 0. The third-order valence-corrected chi connectivity index (χ3v) is 6.64. The molecule has 0 saturated carbocycles. The second-order valence-electron chi connectivity index (χ2n) is 7.57. The number of nitrogens with one attached hydrogen (secondary N) is 1. The van der Waals surface area contributed by atoms with E-state index in [0.717, 1.165) is 11.3 Å². The minimum absolute atomic E-state index is 0.0897. The maximum absolute atomic E-state index is 13.2. The van der Waals surface area contributed by atoms with Gasteiger partial charge < -0.3 is 0 Å². The van der Waals surface area contributed by atoms with Gasteiger partial charge in [0.25, 0.3) is 5.56 Å². The third-order valence-electron chi connectivity index (χ3n) is 5.16. The zero-order valence-electron chi connectivity index (χ0n) is 17.5. The number of sulfonamides is 1. The first-order chi connectivity index (χ1) is 14.1. The summed E-state index contributed by atoms with van der Waals surface area (Å²) in [4.78, 5) is 12.9. The van der Waals surface area contributed by atoms with Crippen molar-refractivity contribution in [2.45, 2.75) is 38.0 Å². The van der Waals surface area contributed by atoms with Crippen LogP contribution in [0.25, 0.3) is 5.69 Å². The molecule has 0 aliphatic carbocycles. The molecule has 0 aliphatic rings. The molecule has 0 atom stereocenters. The molecule has 1 N–H and O–H groups in total. The lowest BCUT2D eigenvalue weighted by molar-refractivity contribution is 0.581. The van der Waals surface area contributed by atoms with Gasteiger partial charge in [-0.1, -0.05) is 26.0 Å². The standard InChI is InChI=1S/C22H26FN3O3S/c1-15(2)21-16(3)25(4)26(22(21)27)19-8-10-20(11-9-19)30(28,29)24-13-12-17-6-5-7-18(23)14-17/h5-11,14-15,24H,12-13H2,1-4H3. The molecule has 30 heavy (non-hydrogen) atoms. The van der Waals surface area contributed by atoms with Crippen LogP contribution >= 0.6 is 0 Å². The fourth-order valence-electron chi connectivity index (χ4n) is 3.56. The van der Waals surface area contributed by atoms with E-state index in [4.69, 9.17) is 0 Å². The van der Waals surface area contributed by atoms with Crippen LogP contribution in [-0.4, -0.2) is 24.3 Å². The molecule has 0 spiro atoms. The molecule has 2 aromatic carbocycles. The molecule has 0 aliphatic heterocycles. The number of halogens is 1. The molecule has 0 bridgehead atoms. The van der Waals surface area contributed by atoms with E-state index in [1.165, 1.54) is 24.3 Å². The van der Waals surface area contributed by atoms with Gasteiger partial charge in [0.05, 0.1) is 10.6 Å². The van der Waals surface area contributed by atoms with Crippen molar-refractivity contribution in [3.05, 3.63) is 81.5 Å². The highest BCUT2D eigenvalue weighted by atomic mass is 32.2. The van der Waals surface area contributed by atoms with Crippen molar-refractivity contribution < 1.29 is 12.8 Å². The zero-order chi connectivity index (χ0) is 22.1. The Morgan fingerprint density at radius 1 is 1.10 bits per heavy atom. The quantitative estimate of drug-likeness (QED) is 0.624. The second-order valence-corrected chi connectivity index (χ2v) is 9.33. The molecule has 0 radical (unpaired) electrons. The molecule has 0 saturated heterocycles. The van der Waals surface area contributed by atoms with Crippen LogP contribution in [0.3, 0.4) is 0 Å². The predicted molar refractivity (Wildman–Crippen MR) is 115 cm³/mol. The smallest absolute Gasteiger partial charge is 0.275 e. The Hall–Kier alpha value is -2.71. The van der Waals surface area contributed by atoms with Crippen LogP contribution < -0.4 is 10.3 Å². The van der Waals surface area contributed by atoms with Gasteiger partial charge in [0, 0.05) is 24.8 Å². The first-order valence-corrected chi connectivity index (χ1v) is 11.2. The molecular formula is C22H26FN3O3S. The molecule has 160 valence electrons. The first-order valence-electron chi connectivity index (χ1n) is 9.75. The maximum atomic E-state index is 13.2. The van der Waals surface area contributed by atoms with E-state index in [1.54, 1.807) is 40.7 Å². The number of hydrogen-bond donors (Lipinski definition) is 1. The SMILES string of the molecule is Cc1c(C(C)C)c(=O)n(-c2ccc(S(=O)(=O)NCCc3cccc(F)c3)cc2)n1C. The lowest BCUT2D eigenvalue weighted by atomic mass is 10.0. The fourth-order valence-corrected chi connectivity index (χ4v) is 4.59. The van der Waals surface area contributed by atoms with Gasteiger partial charge in [0.1, 0.15) is 5.82 Å². The Balaban J connectivity index is 1.78. The summed E-state index contributed by atoms with van der Waals surface area (Å²) in [6.07, 6.45) is 0.380. The van der Waals surface area contributed by atoms with E-state index in [2.05, 4.69) is 4.72 Å². The van der Waals surface area contributed by atoms with Gasteiger partial charge >= 0.3 is 0 Å². The Bertz CT molecular complexity index is 1210. The van der Waals surface area contributed by atoms with E-state index < -0.39 is 10.0 Å². The Kier molecular flexibility index (Phi) is 6.28. The topological polar surface area (TPSA) is 73.1 Å². The molecule has 1 aromatic heterocycles. The largest absolute Gasteiger partial charge is 0.285 e. The average Bonchev–Trinajstić information content (AvgIpc) is 2.90. The molecule has 0 amide bonds. The van der Waals surface area contributed by atoms with Gasteiger partial charge in [-0.3, -0.25) is 9.48 Å². The average molecular weight is 432 g/mol. The van der Waals surface area contributed by atoms with Crippen molar-refractivity contribution in [2.24, 2.45) is 7.05 Å². The van der Waals surface area contributed by atoms with Gasteiger partial charge in [-0.2, -0.15) is 0 Å². The van der Waals surface area contributed by atoms with E-state index in [0.29, 0.717) is 17.7 Å². The number of hydrogen-bond acceptors (Lipinski definition) is 3. The Morgan fingerprint density at radius 2 is 1.77 bits per heavy atom. The summed E-state index contributed by atoms with van der Waals surface area (Å²) in [7, 11) is -1.91.